The van der Waals surface area contributed by atoms with Crippen LogP contribution in [0, 0.1) is 0 Å². The fourth-order valence-electron chi connectivity index (χ4n) is 3.93. The zero-order chi connectivity index (χ0) is 17.4. The van der Waals surface area contributed by atoms with Gasteiger partial charge < -0.3 is 10.5 Å². The summed E-state index contributed by atoms with van der Waals surface area (Å²) >= 11 is 0. The lowest BCUT2D eigenvalue weighted by atomic mass is 9.80. The van der Waals surface area contributed by atoms with Gasteiger partial charge in [-0.2, -0.15) is 0 Å². The van der Waals surface area contributed by atoms with Crippen molar-refractivity contribution in [2.45, 2.75) is 51.0 Å². The van der Waals surface area contributed by atoms with Crippen LogP contribution >= 0.6 is 0 Å². The Hall–Kier alpha value is -2.13. The molecule has 2 N–H and O–H groups in total. The van der Waals surface area contributed by atoms with Crippen molar-refractivity contribution < 1.29 is 9.53 Å². The molecule has 2 aromatic rings. The first-order valence-electron chi connectivity index (χ1n) is 9.25. The molecule has 0 radical (unpaired) electrons. The van der Waals surface area contributed by atoms with Gasteiger partial charge in [-0.25, -0.2) is 0 Å². The lowest BCUT2D eigenvalue weighted by Crippen LogP contribution is -2.53. The summed E-state index contributed by atoms with van der Waals surface area (Å²) in [5, 5.41) is 0. The van der Waals surface area contributed by atoms with E-state index in [9.17, 15) is 4.79 Å². The van der Waals surface area contributed by atoms with Gasteiger partial charge >= 0.3 is 5.97 Å². The van der Waals surface area contributed by atoms with Crippen LogP contribution in [0.25, 0.3) is 0 Å². The van der Waals surface area contributed by atoms with Gasteiger partial charge in [-0.1, -0.05) is 36.4 Å². The Labute approximate surface area is 149 Å². The molecule has 2 aliphatic carbocycles. The van der Waals surface area contributed by atoms with E-state index in [-0.39, 0.29) is 5.97 Å². The zero-order valence-corrected chi connectivity index (χ0v) is 14.8. The minimum absolute atomic E-state index is 0.305. The van der Waals surface area contributed by atoms with Crippen molar-refractivity contribution in [3.05, 3.63) is 69.8 Å². The molecule has 25 heavy (non-hydrogen) atoms. The van der Waals surface area contributed by atoms with Crippen LogP contribution in [0.4, 0.5) is 0 Å². The van der Waals surface area contributed by atoms with E-state index in [0.717, 1.165) is 36.8 Å². The highest BCUT2D eigenvalue weighted by molar-refractivity contribution is 5.81. The van der Waals surface area contributed by atoms with E-state index in [1.165, 1.54) is 22.3 Å². The molecule has 0 aliphatic heterocycles. The van der Waals surface area contributed by atoms with Crippen LogP contribution in [0.15, 0.2) is 36.4 Å². The molecular weight excluding hydrogens is 310 g/mol. The predicted octanol–water partition coefficient (Wildman–Crippen LogP) is 2.93. The Morgan fingerprint density at radius 3 is 1.76 bits per heavy atom. The largest absolute Gasteiger partial charge is 0.465 e. The molecule has 0 amide bonds. The lowest BCUT2D eigenvalue weighted by molar-refractivity contribution is -0.149. The molecule has 0 atom stereocenters. The number of rotatable bonds is 6. The molecule has 0 bridgehead atoms. The van der Waals surface area contributed by atoms with Crippen molar-refractivity contribution in [2.75, 3.05) is 6.61 Å². The van der Waals surface area contributed by atoms with Crippen LogP contribution in [-0.2, 0) is 48.1 Å². The van der Waals surface area contributed by atoms with Crippen molar-refractivity contribution in [2.24, 2.45) is 5.73 Å². The zero-order valence-electron chi connectivity index (χ0n) is 14.8. The Balaban J connectivity index is 1.59. The standard InChI is InChI=1S/C22H25NO2/c1-2-25-21(24)22(23,13-15-3-5-17-7-9-19(17)11-15)14-16-4-6-18-8-10-20(18)12-16/h3-6,11-12H,2,7-10,13-14,23H2,1H3. The summed E-state index contributed by atoms with van der Waals surface area (Å²) in [6, 6.07) is 13.0. The molecule has 3 heteroatoms. The molecule has 4 rings (SSSR count). The number of carbonyl (C=O) groups excluding carboxylic acids is 1. The van der Waals surface area contributed by atoms with Gasteiger partial charge in [0.1, 0.15) is 5.54 Å². The minimum Gasteiger partial charge on any atom is -0.465 e. The lowest BCUT2D eigenvalue weighted by Gasteiger charge is -2.29. The summed E-state index contributed by atoms with van der Waals surface area (Å²) in [6.45, 7) is 2.18. The fraction of sp³-hybridized carbons (Fsp3) is 0.409. The van der Waals surface area contributed by atoms with Crippen molar-refractivity contribution >= 4 is 5.97 Å². The van der Waals surface area contributed by atoms with Crippen molar-refractivity contribution in [3.8, 4) is 0 Å². The number of carbonyl (C=O) groups is 1. The third kappa shape index (κ3) is 3.09. The van der Waals surface area contributed by atoms with Gasteiger partial charge in [-0.05, 0) is 66.0 Å². The van der Waals surface area contributed by atoms with Crippen LogP contribution in [0.2, 0.25) is 0 Å². The monoisotopic (exact) mass is 335 g/mol. The molecule has 2 aliphatic rings. The number of aryl methyl sites for hydroxylation is 4. The van der Waals surface area contributed by atoms with E-state index in [1.54, 1.807) is 0 Å². The predicted molar refractivity (Wildman–Crippen MR) is 98.7 cm³/mol. The Morgan fingerprint density at radius 2 is 1.40 bits per heavy atom. The topological polar surface area (TPSA) is 52.3 Å². The minimum atomic E-state index is -1.02. The smallest absolute Gasteiger partial charge is 0.326 e. The number of nitrogens with two attached hydrogens (primary N) is 1. The Kier molecular flexibility index (Phi) is 4.12. The molecular formula is C22H25NO2. The molecule has 0 unspecified atom stereocenters. The maximum absolute atomic E-state index is 12.7. The summed E-state index contributed by atoms with van der Waals surface area (Å²) in [5.74, 6) is -0.305. The first-order valence-corrected chi connectivity index (χ1v) is 9.25. The molecule has 130 valence electrons. The average molecular weight is 335 g/mol. The second-order valence-corrected chi connectivity index (χ2v) is 7.44. The summed E-state index contributed by atoms with van der Waals surface area (Å²) in [5.41, 5.74) is 13.5. The molecule has 0 fully saturated rings. The Morgan fingerprint density at radius 1 is 0.920 bits per heavy atom. The second-order valence-electron chi connectivity index (χ2n) is 7.44. The van der Waals surface area contributed by atoms with Crippen molar-refractivity contribution in [3.63, 3.8) is 0 Å². The molecule has 0 aromatic heterocycles. The summed E-state index contributed by atoms with van der Waals surface area (Å²) in [4.78, 5) is 12.7. The van der Waals surface area contributed by atoms with Gasteiger partial charge in [0.25, 0.3) is 0 Å². The van der Waals surface area contributed by atoms with Crippen LogP contribution in [0.3, 0.4) is 0 Å². The first-order chi connectivity index (χ1) is 12.1. The van der Waals surface area contributed by atoms with Crippen molar-refractivity contribution in [1.82, 2.24) is 0 Å². The van der Waals surface area contributed by atoms with Crippen LogP contribution in [0.5, 0.6) is 0 Å². The number of fused-ring (bicyclic) bond motifs is 2. The normalized spacial score (nSPS) is 14.8. The van der Waals surface area contributed by atoms with E-state index < -0.39 is 5.54 Å². The Bertz CT molecular complexity index is 767. The van der Waals surface area contributed by atoms with Crippen LogP contribution in [-0.4, -0.2) is 18.1 Å². The summed E-state index contributed by atoms with van der Waals surface area (Å²) < 4.78 is 5.32. The maximum atomic E-state index is 12.7. The van der Waals surface area contributed by atoms with Crippen LogP contribution in [0.1, 0.15) is 40.3 Å². The number of esters is 1. The van der Waals surface area contributed by atoms with Gasteiger partial charge in [0.05, 0.1) is 6.61 Å². The van der Waals surface area contributed by atoms with E-state index in [2.05, 4.69) is 36.4 Å². The average Bonchev–Trinajstić information content (AvgIpc) is 2.53. The van der Waals surface area contributed by atoms with E-state index in [0.29, 0.717) is 19.4 Å². The third-order valence-corrected chi connectivity index (χ3v) is 5.59. The molecule has 0 saturated carbocycles. The van der Waals surface area contributed by atoms with Gasteiger partial charge in [-0.15, -0.1) is 0 Å². The molecule has 0 saturated heterocycles. The first kappa shape index (κ1) is 16.3. The molecule has 3 nitrogen and oxygen atoms in total. The number of ether oxygens (including phenoxy) is 1. The fourth-order valence-corrected chi connectivity index (χ4v) is 3.93. The summed E-state index contributed by atoms with van der Waals surface area (Å²) in [7, 11) is 0. The highest BCUT2D eigenvalue weighted by Gasteiger charge is 2.36. The van der Waals surface area contributed by atoms with Gasteiger partial charge in [-0.3, -0.25) is 4.79 Å². The van der Waals surface area contributed by atoms with Gasteiger partial charge in [0.15, 0.2) is 0 Å². The number of benzene rings is 2. The highest BCUT2D eigenvalue weighted by atomic mass is 16.5. The van der Waals surface area contributed by atoms with Gasteiger partial charge in [0.2, 0.25) is 0 Å². The quantitative estimate of drug-likeness (QED) is 0.826. The highest BCUT2D eigenvalue weighted by Crippen LogP contribution is 2.28. The summed E-state index contributed by atoms with van der Waals surface area (Å²) in [6.07, 6.45) is 5.61. The molecule has 2 aromatic carbocycles. The van der Waals surface area contributed by atoms with E-state index in [1.807, 2.05) is 6.92 Å². The molecule has 0 spiro atoms. The van der Waals surface area contributed by atoms with Crippen LogP contribution < -0.4 is 5.73 Å². The number of hydrogen-bond acceptors (Lipinski definition) is 3. The van der Waals surface area contributed by atoms with Crippen molar-refractivity contribution in [1.29, 1.82) is 0 Å². The van der Waals surface area contributed by atoms with E-state index in [4.69, 9.17) is 10.5 Å². The third-order valence-electron chi connectivity index (χ3n) is 5.59. The van der Waals surface area contributed by atoms with Gasteiger partial charge in [0, 0.05) is 12.8 Å². The second kappa shape index (κ2) is 6.30. The molecule has 0 heterocycles. The number of hydrogen-bond donors (Lipinski definition) is 1. The van der Waals surface area contributed by atoms with E-state index >= 15 is 0 Å². The SMILES string of the molecule is CCOC(=O)C(N)(Cc1ccc2c(c1)CC2)Cc1ccc2c(c1)CC2. The maximum Gasteiger partial charge on any atom is 0.326 e.